The van der Waals surface area contributed by atoms with Crippen LogP contribution in [-0.4, -0.2) is 43.3 Å². The Bertz CT molecular complexity index is 1170. The molecule has 0 bridgehead atoms. The molecule has 0 aliphatic carbocycles. The van der Waals surface area contributed by atoms with E-state index in [1.54, 1.807) is 6.20 Å². The van der Waals surface area contributed by atoms with Gasteiger partial charge in [-0.1, -0.05) is 11.3 Å². The highest BCUT2D eigenvalue weighted by molar-refractivity contribution is 7.77. The monoisotopic (exact) mass is 443 g/mol. The predicted molar refractivity (Wildman–Crippen MR) is 114 cm³/mol. The quantitative estimate of drug-likeness (QED) is 0.436. The standard InChI is InChI=1S/C20H20N4O4S2/c25-30(26)22-10-13-5-7-24(11-13)12-16-8-14-3-4-15(9-17(14)27-16)28-20-23-19-18(29-20)2-1-6-21-19/h1-4,6,8-9,13,22H,5,7,10-12H2,(H,25,26)/p-1. The summed E-state index contributed by atoms with van der Waals surface area (Å²) in [5, 5.41) is 1.56. The van der Waals surface area contributed by atoms with Crippen LogP contribution >= 0.6 is 11.3 Å². The van der Waals surface area contributed by atoms with Crippen LogP contribution in [0.15, 0.2) is 47.0 Å². The van der Waals surface area contributed by atoms with Crippen molar-refractivity contribution in [1.29, 1.82) is 0 Å². The molecule has 1 saturated heterocycles. The summed E-state index contributed by atoms with van der Waals surface area (Å²) in [5.74, 6) is 1.88. The van der Waals surface area contributed by atoms with Crippen molar-refractivity contribution in [3.8, 4) is 10.9 Å². The highest BCUT2D eigenvalue weighted by Gasteiger charge is 2.23. The van der Waals surface area contributed by atoms with Gasteiger partial charge >= 0.3 is 0 Å². The second-order valence-electron chi connectivity index (χ2n) is 7.29. The number of aromatic nitrogens is 2. The van der Waals surface area contributed by atoms with Gasteiger partial charge in [0, 0.05) is 42.0 Å². The largest absolute Gasteiger partial charge is 0.760 e. The Labute approximate surface area is 179 Å². The van der Waals surface area contributed by atoms with Crippen molar-refractivity contribution in [2.24, 2.45) is 5.92 Å². The Balaban J connectivity index is 1.25. The van der Waals surface area contributed by atoms with Gasteiger partial charge in [0.2, 0.25) is 0 Å². The lowest BCUT2D eigenvalue weighted by molar-refractivity contribution is 0.290. The first kappa shape index (κ1) is 19.6. The molecular formula is C20H19N4O4S2-. The molecule has 8 nitrogen and oxygen atoms in total. The SMILES string of the molecule is O=S([O-])NCC1CCN(Cc2cc3ccc(Oc4nc5ncccc5s4)cc3o2)C1. The first-order valence-corrected chi connectivity index (χ1v) is 11.5. The number of nitrogens with zero attached hydrogens (tertiary/aromatic N) is 3. The molecule has 1 aliphatic rings. The van der Waals surface area contributed by atoms with Gasteiger partial charge in [-0.3, -0.25) is 9.11 Å². The lowest BCUT2D eigenvalue weighted by atomic mass is 10.1. The third-order valence-corrected chi connectivity index (χ3v) is 6.42. The fraction of sp³-hybridized carbons (Fsp3) is 0.300. The fourth-order valence-corrected chi connectivity index (χ4v) is 4.90. The maximum Gasteiger partial charge on any atom is 0.281 e. The highest BCUT2D eigenvalue weighted by atomic mass is 32.2. The number of ether oxygens (including phenoxy) is 1. The van der Waals surface area contributed by atoms with E-state index in [1.807, 2.05) is 36.4 Å². The first-order valence-electron chi connectivity index (χ1n) is 9.59. The van der Waals surface area contributed by atoms with E-state index in [2.05, 4.69) is 19.6 Å². The molecule has 156 valence electrons. The van der Waals surface area contributed by atoms with E-state index in [1.165, 1.54) is 11.3 Å². The van der Waals surface area contributed by atoms with Gasteiger partial charge in [0.05, 0.1) is 11.2 Å². The predicted octanol–water partition coefficient (Wildman–Crippen LogP) is 3.44. The maximum atomic E-state index is 10.7. The summed E-state index contributed by atoms with van der Waals surface area (Å²) < 4.78 is 36.7. The molecule has 0 radical (unpaired) electrons. The van der Waals surface area contributed by atoms with Crippen molar-refractivity contribution >= 4 is 43.9 Å². The average molecular weight is 444 g/mol. The summed E-state index contributed by atoms with van der Waals surface area (Å²) in [6.07, 6.45) is 2.69. The van der Waals surface area contributed by atoms with E-state index in [4.69, 9.17) is 9.15 Å². The molecule has 3 aromatic heterocycles. The molecule has 1 aliphatic heterocycles. The Morgan fingerprint density at radius 2 is 2.30 bits per heavy atom. The van der Waals surface area contributed by atoms with Crippen molar-refractivity contribution in [3.63, 3.8) is 0 Å². The first-order chi connectivity index (χ1) is 14.6. The van der Waals surface area contributed by atoms with E-state index in [0.29, 0.717) is 35.6 Å². The minimum absolute atomic E-state index is 0.329. The summed E-state index contributed by atoms with van der Waals surface area (Å²) in [6.45, 7) is 2.95. The minimum Gasteiger partial charge on any atom is -0.760 e. The average Bonchev–Trinajstić information content (AvgIpc) is 3.43. The number of hydrogen-bond acceptors (Lipinski definition) is 8. The van der Waals surface area contributed by atoms with E-state index in [0.717, 1.165) is 40.9 Å². The Morgan fingerprint density at radius 1 is 1.37 bits per heavy atom. The van der Waals surface area contributed by atoms with Gasteiger partial charge in [-0.15, -0.1) is 0 Å². The van der Waals surface area contributed by atoms with Crippen LogP contribution in [0.5, 0.6) is 10.9 Å². The van der Waals surface area contributed by atoms with Crippen molar-refractivity contribution in [3.05, 3.63) is 48.4 Å². The molecule has 0 saturated carbocycles. The van der Waals surface area contributed by atoms with Gasteiger partial charge in [0.15, 0.2) is 5.65 Å². The zero-order valence-electron chi connectivity index (χ0n) is 15.9. The molecule has 4 heterocycles. The van der Waals surface area contributed by atoms with Crippen molar-refractivity contribution < 1.29 is 17.9 Å². The molecule has 5 rings (SSSR count). The smallest absolute Gasteiger partial charge is 0.281 e. The Kier molecular flexibility index (Phi) is 5.48. The molecule has 2 atom stereocenters. The minimum atomic E-state index is -2.20. The molecule has 1 N–H and O–H groups in total. The molecule has 30 heavy (non-hydrogen) atoms. The van der Waals surface area contributed by atoms with Crippen LogP contribution in [0.1, 0.15) is 12.2 Å². The van der Waals surface area contributed by atoms with Gasteiger partial charge in [-0.05, 0) is 49.2 Å². The van der Waals surface area contributed by atoms with Gasteiger partial charge < -0.3 is 13.7 Å². The molecule has 1 fully saturated rings. The van der Waals surface area contributed by atoms with Crippen molar-refractivity contribution in [2.45, 2.75) is 13.0 Å². The van der Waals surface area contributed by atoms with E-state index >= 15 is 0 Å². The van der Waals surface area contributed by atoms with Crippen molar-refractivity contribution in [1.82, 2.24) is 19.6 Å². The topological polar surface area (TPSA) is 104 Å². The van der Waals surface area contributed by atoms with Crippen LogP contribution in [0, 0.1) is 5.92 Å². The maximum absolute atomic E-state index is 10.7. The number of nitrogens with one attached hydrogen (secondary N) is 1. The lowest BCUT2D eigenvalue weighted by Crippen LogP contribution is -2.27. The number of benzene rings is 1. The van der Waals surface area contributed by atoms with Gasteiger partial charge in [0.25, 0.3) is 5.19 Å². The highest BCUT2D eigenvalue weighted by Crippen LogP contribution is 2.32. The molecule has 10 heteroatoms. The molecule has 2 unspecified atom stereocenters. The van der Waals surface area contributed by atoms with Gasteiger partial charge in [-0.2, -0.15) is 4.98 Å². The number of pyridine rings is 1. The van der Waals surface area contributed by atoms with Crippen LogP contribution in [0.3, 0.4) is 0 Å². The van der Waals surface area contributed by atoms with E-state index in [9.17, 15) is 8.76 Å². The Hall–Kier alpha value is -2.37. The number of thiazole rings is 1. The number of fused-ring (bicyclic) bond motifs is 2. The normalized spacial score (nSPS) is 18.4. The lowest BCUT2D eigenvalue weighted by Gasteiger charge is -2.15. The second kappa shape index (κ2) is 8.40. The number of rotatable bonds is 7. The summed E-state index contributed by atoms with van der Waals surface area (Å²) in [7, 11) is 0. The molecule has 0 spiro atoms. The Morgan fingerprint density at radius 3 is 3.17 bits per heavy atom. The van der Waals surface area contributed by atoms with Crippen LogP contribution in [0.25, 0.3) is 21.3 Å². The van der Waals surface area contributed by atoms with Gasteiger partial charge in [-0.25, -0.2) is 9.71 Å². The number of furan rings is 1. The number of likely N-dealkylation sites (tertiary alicyclic amines) is 1. The zero-order chi connectivity index (χ0) is 20.5. The summed E-state index contributed by atoms with van der Waals surface area (Å²) in [4.78, 5) is 10.9. The fourth-order valence-electron chi connectivity index (χ4n) is 3.73. The zero-order valence-corrected chi connectivity index (χ0v) is 17.6. The summed E-state index contributed by atoms with van der Waals surface area (Å²) >= 11 is -0.747. The number of hydrogen-bond donors (Lipinski definition) is 1. The van der Waals surface area contributed by atoms with Crippen LogP contribution < -0.4 is 9.46 Å². The summed E-state index contributed by atoms with van der Waals surface area (Å²) in [5.41, 5.74) is 1.44. The van der Waals surface area contributed by atoms with Crippen LogP contribution in [0.4, 0.5) is 0 Å². The van der Waals surface area contributed by atoms with Crippen molar-refractivity contribution in [2.75, 3.05) is 19.6 Å². The molecular weight excluding hydrogens is 424 g/mol. The molecule has 4 aromatic rings. The van der Waals surface area contributed by atoms with Crippen LogP contribution in [-0.2, 0) is 17.8 Å². The summed E-state index contributed by atoms with van der Waals surface area (Å²) in [6, 6.07) is 11.6. The molecule has 0 amide bonds. The van der Waals surface area contributed by atoms with E-state index < -0.39 is 11.3 Å². The van der Waals surface area contributed by atoms with E-state index in [-0.39, 0.29) is 0 Å². The molecule has 1 aromatic carbocycles. The third-order valence-electron chi connectivity index (χ3n) is 5.13. The third kappa shape index (κ3) is 4.37. The second-order valence-corrected chi connectivity index (χ2v) is 9.04. The van der Waals surface area contributed by atoms with Gasteiger partial charge in [0.1, 0.15) is 17.1 Å². The van der Waals surface area contributed by atoms with Crippen LogP contribution in [0.2, 0.25) is 0 Å².